The number of nitrogens with zero attached hydrogens (tertiary/aromatic N) is 2. The first kappa shape index (κ1) is 12.6. The Kier molecular flexibility index (Phi) is 3.12. The molecule has 0 atom stereocenters. The van der Waals surface area contributed by atoms with Crippen LogP contribution in [0.3, 0.4) is 0 Å². The van der Waals surface area contributed by atoms with Crippen LogP contribution in [-0.4, -0.2) is 21.3 Å². The van der Waals surface area contributed by atoms with Gasteiger partial charge in [-0.1, -0.05) is 18.2 Å². The molecule has 3 N–H and O–H groups in total. The van der Waals surface area contributed by atoms with E-state index >= 15 is 0 Å². The summed E-state index contributed by atoms with van der Waals surface area (Å²) < 4.78 is 15.9. The van der Waals surface area contributed by atoms with E-state index in [2.05, 4.69) is 4.98 Å². The third-order valence-corrected chi connectivity index (χ3v) is 3.25. The van der Waals surface area contributed by atoms with Gasteiger partial charge in [0.1, 0.15) is 11.6 Å². The molecular formula is C15H14FN3O. The highest BCUT2D eigenvalue weighted by Gasteiger charge is 2.17. The van der Waals surface area contributed by atoms with Gasteiger partial charge >= 0.3 is 0 Å². The fraction of sp³-hybridized carbons (Fsp3) is 0.133. The maximum absolute atomic E-state index is 14.1. The molecule has 4 nitrogen and oxygen atoms in total. The minimum absolute atomic E-state index is 0.0539. The molecule has 0 bridgehead atoms. The molecule has 1 heterocycles. The number of hydrogen-bond acceptors (Lipinski definition) is 3. The van der Waals surface area contributed by atoms with Gasteiger partial charge < -0.3 is 15.4 Å². The Morgan fingerprint density at radius 2 is 1.95 bits per heavy atom. The van der Waals surface area contributed by atoms with Gasteiger partial charge in [0.25, 0.3) is 0 Å². The zero-order valence-electron chi connectivity index (χ0n) is 10.8. The van der Waals surface area contributed by atoms with E-state index in [4.69, 9.17) is 5.73 Å². The number of aliphatic hydroxyl groups excluding tert-OH is 1. The summed E-state index contributed by atoms with van der Waals surface area (Å²) in [4.78, 5) is 4.46. The van der Waals surface area contributed by atoms with Crippen molar-refractivity contribution in [2.24, 2.45) is 0 Å². The standard InChI is InChI=1S/C15H14FN3O/c16-10-4-3-5-11(17)14(10)15-18-12-6-1-2-7-13(12)19(15)8-9-20/h1-7,20H,8-9,17H2. The van der Waals surface area contributed by atoms with Crippen LogP contribution in [0.5, 0.6) is 0 Å². The van der Waals surface area contributed by atoms with E-state index in [9.17, 15) is 9.50 Å². The quantitative estimate of drug-likeness (QED) is 0.719. The van der Waals surface area contributed by atoms with Crippen molar-refractivity contribution in [2.75, 3.05) is 12.3 Å². The highest BCUT2D eigenvalue weighted by atomic mass is 19.1. The largest absolute Gasteiger partial charge is 0.398 e. The van der Waals surface area contributed by atoms with E-state index in [1.165, 1.54) is 6.07 Å². The first-order valence-electron chi connectivity index (χ1n) is 6.33. The lowest BCUT2D eigenvalue weighted by Gasteiger charge is -2.10. The summed E-state index contributed by atoms with van der Waals surface area (Å²) in [6.45, 7) is 0.283. The zero-order chi connectivity index (χ0) is 14.1. The summed E-state index contributed by atoms with van der Waals surface area (Å²) in [5.41, 5.74) is 8.09. The van der Waals surface area contributed by atoms with Crippen LogP contribution in [0.25, 0.3) is 22.4 Å². The number of halogens is 1. The van der Waals surface area contributed by atoms with Crippen LogP contribution in [-0.2, 0) is 6.54 Å². The van der Waals surface area contributed by atoms with Crippen molar-refractivity contribution in [3.05, 3.63) is 48.3 Å². The van der Waals surface area contributed by atoms with Crippen LogP contribution in [0.2, 0.25) is 0 Å². The smallest absolute Gasteiger partial charge is 0.146 e. The number of aromatic nitrogens is 2. The van der Waals surface area contributed by atoms with Gasteiger partial charge in [-0.2, -0.15) is 0 Å². The van der Waals surface area contributed by atoms with Crippen LogP contribution in [0.15, 0.2) is 42.5 Å². The second-order valence-electron chi connectivity index (χ2n) is 4.50. The second kappa shape index (κ2) is 4.94. The summed E-state index contributed by atoms with van der Waals surface area (Å²) in [5, 5.41) is 9.23. The summed E-state index contributed by atoms with van der Waals surface area (Å²) in [6, 6.07) is 12.0. The van der Waals surface area contributed by atoms with Crippen LogP contribution < -0.4 is 5.73 Å². The van der Waals surface area contributed by atoms with Gasteiger partial charge in [0, 0.05) is 12.2 Å². The van der Waals surface area contributed by atoms with E-state index in [-0.39, 0.29) is 12.2 Å². The summed E-state index contributed by atoms with van der Waals surface area (Å²) >= 11 is 0. The lowest BCUT2D eigenvalue weighted by Crippen LogP contribution is -2.06. The fourth-order valence-corrected chi connectivity index (χ4v) is 2.37. The molecule has 2 aromatic carbocycles. The Morgan fingerprint density at radius 3 is 2.70 bits per heavy atom. The molecule has 0 aliphatic heterocycles. The first-order valence-corrected chi connectivity index (χ1v) is 6.33. The van der Waals surface area contributed by atoms with Crippen molar-refractivity contribution in [3.63, 3.8) is 0 Å². The SMILES string of the molecule is Nc1cccc(F)c1-c1nc2ccccc2n1CCO. The van der Waals surface area contributed by atoms with Gasteiger partial charge in [-0.3, -0.25) is 0 Å². The Hall–Kier alpha value is -2.40. The number of nitrogen functional groups attached to an aromatic ring is 1. The first-order chi connectivity index (χ1) is 9.72. The van der Waals surface area contributed by atoms with Crippen molar-refractivity contribution < 1.29 is 9.50 Å². The van der Waals surface area contributed by atoms with E-state index < -0.39 is 5.82 Å². The lowest BCUT2D eigenvalue weighted by atomic mass is 10.1. The van der Waals surface area contributed by atoms with Gasteiger partial charge in [0.15, 0.2) is 0 Å². The number of fused-ring (bicyclic) bond motifs is 1. The number of anilines is 1. The number of imidazole rings is 1. The molecule has 0 unspecified atom stereocenters. The van der Waals surface area contributed by atoms with Crippen molar-refractivity contribution in [2.45, 2.75) is 6.54 Å². The minimum Gasteiger partial charge on any atom is -0.398 e. The van der Waals surface area contributed by atoms with Gasteiger partial charge in [0.2, 0.25) is 0 Å². The van der Waals surface area contributed by atoms with Gasteiger partial charge in [-0.05, 0) is 24.3 Å². The maximum Gasteiger partial charge on any atom is 0.146 e. The number of para-hydroxylation sites is 2. The molecule has 20 heavy (non-hydrogen) atoms. The molecular weight excluding hydrogens is 257 g/mol. The topological polar surface area (TPSA) is 64.1 Å². The van der Waals surface area contributed by atoms with Crippen LogP contribution in [0.1, 0.15) is 0 Å². The molecule has 0 radical (unpaired) electrons. The molecule has 0 spiro atoms. The lowest BCUT2D eigenvalue weighted by molar-refractivity contribution is 0.278. The minimum atomic E-state index is -0.417. The highest BCUT2D eigenvalue weighted by Crippen LogP contribution is 2.30. The Balaban J connectivity index is 2.33. The molecule has 1 aromatic heterocycles. The average Bonchev–Trinajstić information content (AvgIpc) is 2.78. The highest BCUT2D eigenvalue weighted by molar-refractivity contribution is 5.83. The number of benzene rings is 2. The Bertz CT molecular complexity index is 747. The fourth-order valence-electron chi connectivity index (χ4n) is 2.37. The predicted octanol–water partition coefficient (Wildman–Crippen LogP) is 2.42. The molecule has 0 fully saturated rings. The summed E-state index contributed by atoms with van der Waals surface area (Å²) in [5.74, 6) is 0.0235. The van der Waals surface area contributed by atoms with Gasteiger partial charge in [0.05, 0.1) is 23.2 Å². The number of rotatable bonds is 3. The zero-order valence-corrected chi connectivity index (χ0v) is 10.8. The molecule has 0 aliphatic rings. The Labute approximate surface area is 115 Å². The van der Waals surface area contributed by atoms with Crippen LogP contribution in [0, 0.1) is 5.82 Å². The van der Waals surface area contributed by atoms with Crippen molar-refractivity contribution in [3.8, 4) is 11.4 Å². The molecule has 0 saturated heterocycles. The van der Waals surface area contributed by atoms with E-state index in [1.807, 2.05) is 24.3 Å². The second-order valence-corrected chi connectivity index (χ2v) is 4.50. The third-order valence-electron chi connectivity index (χ3n) is 3.25. The Morgan fingerprint density at radius 1 is 1.15 bits per heavy atom. The number of nitrogens with two attached hydrogens (primary N) is 1. The third kappa shape index (κ3) is 1.92. The molecule has 0 saturated carbocycles. The molecule has 3 aromatic rings. The average molecular weight is 271 g/mol. The predicted molar refractivity (Wildman–Crippen MR) is 76.6 cm³/mol. The molecule has 0 aliphatic carbocycles. The summed E-state index contributed by atoms with van der Waals surface area (Å²) in [6.07, 6.45) is 0. The van der Waals surface area contributed by atoms with Crippen LogP contribution in [0.4, 0.5) is 10.1 Å². The van der Waals surface area contributed by atoms with E-state index in [0.29, 0.717) is 18.1 Å². The van der Waals surface area contributed by atoms with Gasteiger partial charge in [-0.25, -0.2) is 9.37 Å². The summed E-state index contributed by atoms with van der Waals surface area (Å²) in [7, 11) is 0. The molecule has 102 valence electrons. The van der Waals surface area contributed by atoms with Crippen molar-refractivity contribution in [1.82, 2.24) is 9.55 Å². The number of hydrogen-bond donors (Lipinski definition) is 2. The molecule has 3 rings (SSSR count). The van der Waals surface area contributed by atoms with E-state index in [1.54, 1.807) is 16.7 Å². The van der Waals surface area contributed by atoms with E-state index in [0.717, 1.165) is 11.0 Å². The molecule has 5 heteroatoms. The monoisotopic (exact) mass is 271 g/mol. The molecule has 0 amide bonds. The van der Waals surface area contributed by atoms with Crippen LogP contribution >= 0.6 is 0 Å². The normalized spacial score (nSPS) is 11.1. The number of aliphatic hydroxyl groups is 1. The van der Waals surface area contributed by atoms with Crippen molar-refractivity contribution in [1.29, 1.82) is 0 Å². The van der Waals surface area contributed by atoms with Crippen molar-refractivity contribution >= 4 is 16.7 Å². The maximum atomic E-state index is 14.1. The van der Waals surface area contributed by atoms with Gasteiger partial charge in [-0.15, -0.1) is 0 Å².